The summed E-state index contributed by atoms with van der Waals surface area (Å²) in [7, 11) is 1.93. The lowest BCUT2D eigenvalue weighted by Gasteiger charge is -2.02. The van der Waals surface area contributed by atoms with Gasteiger partial charge in [-0.15, -0.1) is 16.4 Å². The Balaban J connectivity index is 1.84. The van der Waals surface area contributed by atoms with Gasteiger partial charge in [-0.3, -0.25) is 9.78 Å². The minimum absolute atomic E-state index is 0.253. The molecule has 1 aromatic carbocycles. The number of pyridine rings is 1. The topological polar surface area (TPSA) is 59.3 Å². The molecule has 0 aliphatic heterocycles. The highest BCUT2D eigenvalue weighted by Crippen LogP contribution is 2.18. The Morgan fingerprint density at radius 2 is 1.91 bits per heavy atom. The van der Waals surface area contributed by atoms with Crippen molar-refractivity contribution in [2.24, 2.45) is 12.1 Å². The Kier molecular flexibility index (Phi) is 4.11. The van der Waals surface area contributed by atoms with Gasteiger partial charge in [0.1, 0.15) is 0 Å². The summed E-state index contributed by atoms with van der Waals surface area (Å²) >= 11 is 1.48. The van der Waals surface area contributed by atoms with Gasteiger partial charge in [-0.1, -0.05) is 30.3 Å². The molecule has 0 unspecified atom stereocenters. The first kappa shape index (κ1) is 14.2. The van der Waals surface area contributed by atoms with Gasteiger partial charge < -0.3 is 4.57 Å². The van der Waals surface area contributed by atoms with Gasteiger partial charge >= 0.3 is 0 Å². The number of aromatic nitrogens is 2. The molecule has 5 nitrogen and oxygen atoms in total. The molecule has 0 atom stereocenters. The van der Waals surface area contributed by atoms with Gasteiger partial charge in [-0.25, -0.2) is 5.43 Å². The van der Waals surface area contributed by atoms with Crippen LogP contribution in [0.4, 0.5) is 0 Å². The molecule has 0 aliphatic carbocycles. The molecule has 0 saturated carbocycles. The number of carbonyl (C=O) groups is 1. The van der Waals surface area contributed by atoms with Crippen LogP contribution in [0.2, 0.25) is 0 Å². The number of nitrogens with zero attached hydrogens (tertiary/aromatic N) is 3. The van der Waals surface area contributed by atoms with E-state index < -0.39 is 0 Å². The molecule has 1 N–H and O–H groups in total. The van der Waals surface area contributed by atoms with Crippen molar-refractivity contribution in [2.45, 2.75) is 0 Å². The second kappa shape index (κ2) is 6.36. The summed E-state index contributed by atoms with van der Waals surface area (Å²) in [5.74, 6) is -0.253. The van der Waals surface area contributed by atoms with Crippen LogP contribution in [-0.4, -0.2) is 15.5 Å². The van der Waals surface area contributed by atoms with Crippen LogP contribution in [0, 0.1) is 0 Å². The predicted octanol–water partition coefficient (Wildman–Crippen LogP) is 2.39. The van der Waals surface area contributed by atoms with E-state index in [0.717, 1.165) is 16.1 Å². The zero-order valence-corrected chi connectivity index (χ0v) is 12.7. The van der Waals surface area contributed by atoms with E-state index in [-0.39, 0.29) is 5.91 Å². The molecule has 2 aromatic heterocycles. The lowest BCUT2D eigenvalue weighted by molar-refractivity contribution is 0.0953. The third-order valence-electron chi connectivity index (χ3n) is 3.19. The van der Waals surface area contributed by atoms with Gasteiger partial charge in [0.15, 0.2) is 0 Å². The number of benzene rings is 1. The number of rotatable bonds is 3. The van der Waals surface area contributed by atoms with Crippen molar-refractivity contribution in [1.82, 2.24) is 15.0 Å². The van der Waals surface area contributed by atoms with E-state index in [2.05, 4.69) is 15.5 Å². The van der Waals surface area contributed by atoms with E-state index in [0.29, 0.717) is 5.56 Å². The van der Waals surface area contributed by atoms with Crippen LogP contribution in [0.1, 0.15) is 10.4 Å². The van der Waals surface area contributed by atoms with Crippen LogP contribution in [0.25, 0.3) is 11.3 Å². The van der Waals surface area contributed by atoms with Crippen molar-refractivity contribution in [3.63, 3.8) is 0 Å². The molecule has 0 fully saturated rings. The number of carbonyl (C=O) groups excluding carboxylic acids is 1. The lowest BCUT2D eigenvalue weighted by atomic mass is 10.2. The second-order valence-electron chi connectivity index (χ2n) is 4.62. The van der Waals surface area contributed by atoms with Crippen molar-refractivity contribution in [2.75, 3.05) is 0 Å². The number of hydrogen-bond acceptors (Lipinski definition) is 4. The molecule has 0 spiro atoms. The molecule has 1 amide bonds. The molecule has 22 heavy (non-hydrogen) atoms. The quantitative estimate of drug-likeness (QED) is 0.755. The summed E-state index contributed by atoms with van der Waals surface area (Å²) in [4.78, 5) is 16.6. The highest BCUT2D eigenvalue weighted by molar-refractivity contribution is 7.07. The Bertz CT molecular complexity index is 837. The SMILES string of the molecule is Cn1c(-c2ccccc2)cs/c1=N/NC(=O)c1ccncc1. The Morgan fingerprint density at radius 1 is 1.18 bits per heavy atom. The molecule has 0 bridgehead atoms. The Hall–Kier alpha value is -2.73. The van der Waals surface area contributed by atoms with Crippen LogP contribution >= 0.6 is 11.3 Å². The van der Waals surface area contributed by atoms with Crippen LogP contribution in [0.5, 0.6) is 0 Å². The van der Waals surface area contributed by atoms with Gasteiger partial charge in [-0.2, -0.15) is 0 Å². The van der Waals surface area contributed by atoms with Gasteiger partial charge in [-0.05, 0) is 17.7 Å². The van der Waals surface area contributed by atoms with E-state index in [4.69, 9.17) is 0 Å². The third-order valence-corrected chi connectivity index (χ3v) is 4.11. The molecular weight excluding hydrogens is 296 g/mol. The molecule has 110 valence electrons. The summed E-state index contributed by atoms with van der Waals surface area (Å²) in [6.07, 6.45) is 3.15. The zero-order chi connectivity index (χ0) is 15.4. The fraction of sp³-hybridized carbons (Fsp3) is 0.0625. The van der Waals surface area contributed by atoms with Gasteiger partial charge in [0.05, 0.1) is 5.69 Å². The van der Waals surface area contributed by atoms with Crippen molar-refractivity contribution in [3.8, 4) is 11.3 Å². The van der Waals surface area contributed by atoms with Gasteiger partial charge in [0, 0.05) is 30.4 Å². The lowest BCUT2D eigenvalue weighted by Crippen LogP contribution is -2.23. The van der Waals surface area contributed by atoms with E-state index in [9.17, 15) is 4.79 Å². The number of nitrogens with one attached hydrogen (secondary N) is 1. The molecule has 0 saturated heterocycles. The summed E-state index contributed by atoms with van der Waals surface area (Å²) in [6.45, 7) is 0. The van der Waals surface area contributed by atoms with E-state index in [1.165, 1.54) is 11.3 Å². The average molecular weight is 310 g/mol. The molecular formula is C16H14N4OS. The molecule has 6 heteroatoms. The Morgan fingerprint density at radius 3 is 2.64 bits per heavy atom. The number of amides is 1. The highest BCUT2D eigenvalue weighted by Gasteiger charge is 2.06. The van der Waals surface area contributed by atoms with Gasteiger partial charge in [0.2, 0.25) is 4.80 Å². The fourth-order valence-electron chi connectivity index (χ4n) is 2.01. The normalized spacial score (nSPS) is 11.4. The van der Waals surface area contributed by atoms with E-state index in [1.54, 1.807) is 24.5 Å². The van der Waals surface area contributed by atoms with Crippen molar-refractivity contribution in [3.05, 3.63) is 70.6 Å². The smallest absolute Gasteiger partial charge is 0.271 e. The first-order chi connectivity index (χ1) is 10.8. The first-order valence-electron chi connectivity index (χ1n) is 6.70. The van der Waals surface area contributed by atoms with Crippen LogP contribution in [-0.2, 0) is 7.05 Å². The van der Waals surface area contributed by atoms with Crippen LogP contribution in [0.15, 0.2) is 65.3 Å². The maximum atomic E-state index is 12.0. The maximum Gasteiger partial charge on any atom is 0.271 e. The summed E-state index contributed by atoms with van der Waals surface area (Å²) in [6, 6.07) is 13.4. The van der Waals surface area contributed by atoms with E-state index >= 15 is 0 Å². The predicted molar refractivity (Wildman–Crippen MR) is 86.0 cm³/mol. The third kappa shape index (κ3) is 2.96. The summed E-state index contributed by atoms with van der Waals surface area (Å²) in [5, 5.41) is 6.21. The molecule has 0 aliphatic rings. The number of hydrogen-bond donors (Lipinski definition) is 1. The summed E-state index contributed by atoms with van der Waals surface area (Å²) in [5.41, 5.74) is 5.27. The minimum atomic E-state index is -0.253. The second-order valence-corrected chi connectivity index (χ2v) is 5.45. The molecule has 0 radical (unpaired) electrons. The van der Waals surface area contributed by atoms with Crippen molar-refractivity contribution < 1.29 is 4.79 Å². The first-order valence-corrected chi connectivity index (χ1v) is 7.58. The van der Waals surface area contributed by atoms with Crippen molar-refractivity contribution in [1.29, 1.82) is 0 Å². The van der Waals surface area contributed by atoms with Gasteiger partial charge in [0.25, 0.3) is 5.91 Å². The maximum absolute atomic E-state index is 12.0. The molecule has 2 heterocycles. The van der Waals surface area contributed by atoms with Crippen LogP contribution < -0.4 is 10.2 Å². The Labute approximate surface area is 131 Å². The fourth-order valence-corrected chi connectivity index (χ4v) is 2.87. The van der Waals surface area contributed by atoms with Crippen molar-refractivity contribution >= 4 is 17.2 Å². The zero-order valence-electron chi connectivity index (χ0n) is 11.9. The molecule has 3 aromatic rings. The number of thiazole rings is 1. The largest absolute Gasteiger partial charge is 0.318 e. The summed E-state index contributed by atoms with van der Waals surface area (Å²) < 4.78 is 1.95. The minimum Gasteiger partial charge on any atom is -0.318 e. The van der Waals surface area contributed by atoms with E-state index in [1.807, 2.05) is 47.3 Å². The van der Waals surface area contributed by atoms with Crippen LogP contribution in [0.3, 0.4) is 0 Å². The highest BCUT2D eigenvalue weighted by atomic mass is 32.1. The average Bonchev–Trinajstić information content (AvgIpc) is 2.95. The standard InChI is InChI=1S/C16H14N4OS/c1-20-14(12-5-3-2-4-6-12)11-22-16(20)19-18-15(21)13-7-9-17-10-8-13/h2-11H,1H3,(H,18,21)/b19-16+. The monoisotopic (exact) mass is 310 g/mol. The molecule has 3 rings (SSSR count).